The van der Waals surface area contributed by atoms with Crippen molar-refractivity contribution in [3.8, 4) is 0 Å². The van der Waals surface area contributed by atoms with Crippen LogP contribution in [0.5, 0.6) is 0 Å². The van der Waals surface area contributed by atoms with Crippen LogP contribution in [0.4, 0.5) is 0 Å². The Bertz CT molecular complexity index is 184. The Balaban J connectivity index is 2.15. The third-order valence-electron chi connectivity index (χ3n) is 1.96. The lowest BCUT2D eigenvalue weighted by atomic mass is 9.97. The van der Waals surface area contributed by atoms with E-state index in [-0.39, 0.29) is 0 Å². The van der Waals surface area contributed by atoms with Crippen LogP contribution >= 0.6 is 0 Å². The van der Waals surface area contributed by atoms with Gasteiger partial charge in [0.25, 0.3) is 0 Å². The van der Waals surface area contributed by atoms with E-state index in [1.807, 2.05) is 0 Å². The molecule has 0 aromatic carbocycles. The summed E-state index contributed by atoms with van der Waals surface area (Å²) in [6, 6.07) is 0. The normalized spacial score (nSPS) is 17.8. The van der Waals surface area contributed by atoms with Crippen LogP contribution in [0.25, 0.3) is 0 Å². The van der Waals surface area contributed by atoms with Crippen LogP contribution in [0.3, 0.4) is 0 Å². The van der Waals surface area contributed by atoms with E-state index in [0.29, 0.717) is 0 Å². The Kier molecular flexibility index (Phi) is 4.51. The summed E-state index contributed by atoms with van der Waals surface area (Å²) in [5.74, 6) is 1.52. The molecule has 0 unspecified atom stereocenters. The van der Waals surface area contributed by atoms with Gasteiger partial charge in [-0.05, 0) is 19.3 Å². The second-order valence-electron chi connectivity index (χ2n) is 3.11. The first-order chi connectivity index (χ1) is 5.93. The van der Waals surface area contributed by atoms with Gasteiger partial charge in [-0.2, -0.15) is 0 Å². The van der Waals surface area contributed by atoms with E-state index in [0.717, 1.165) is 12.8 Å². The summed E-state index contributed by atoms with van der Waals surface area (Å²) in [7, 11) is 0. The molecule has 0 bridgehead atoms. The Morgan fingerprint density at radius 1 is 1.33 bits per heavy atom. The SMILES string of the molecule is CCC/C=C/C[C]1C=CC=CC1. The van der Waals surface area contributed by atoms with Crippen molar-refractivity contribution in [2.75, 3.05) is 0 Å². The molecule has 12 heavy (non-hydrogen) atoms. The lowest BCUT2D eigenvalue weighted by Crippen LogP contribution is -1.91. The highest BCUT2D eigenvalue weighted by molar-refractivity contribution is 5.25. The Morgan fingerprint density at radius 2 is 2.25 bits per heavy atom. The summed E-state index contributed by atoms with van der Waals surface area (Å²) >= 11 is 0. The van der Waals surface area contributed by atoms with Crippen molar-refractivity contribution in [3.63, 3.8) is 0 Å². The molecule has 1 radical (unpaired) electrons. The molecular formula is C12H17. The molecule has 0 atom stereocenters. The van der Waals surface area contributed by atoms with Crippen molar-refractivity contribution in [2.45, 2.75) is 32.6 Å². The number of hydrogen-bond donors (Lipinski definition) is 0. The van der Waals surface area contributed by atoms with Gasteiger partial charge in [0.15, 0.2) is 0 Å². The predicted octanol–water partition coefficient (Wildman–Crippen LogP) is 3.82. The smallest absolute Gasteiger partial charge is 0.00508 e. The first-order valence-electron chi connectivity index (χ1n) is 4.76. The molecule has 0 aromatic heterocycles. The molecule has 0 spiro atoms. The maximum Gasteiger partial charge on any atom is 0.00508 e. The molecule has 65 valence electrons. The number of unbranched alkanes of at least 4 members (excludes halogenated alkanes) is 1. The van der Waals surface area contributed by atoms with Crippen LogP contribution in [-0.2, 0) is 0 Å². The molecule has 0 heteroatoms. The fourth-order valence-corrected chi connectivity index (χ4v) is 1.23. The standard InChI is InChI=1S/C12H17/c1-2-3-4-6-9-12-10-7-5-8-11-12/h4-8,10H,2-3,9,11H2,1H3/b6-4+. The van der Waals surface area contributed by atoms with Gasteiger partial charge in [0, 0.05) is 5.92 Å². The van der Waals surface area contributed by atoms with Gasteiger partial charge in [0.2, 0.25) is 0 Å². The molecule has 1 aliphatic carbocycles. The number of allylic oxidation sites excluding steroid dienone is 6. The number of hydrogen-bond acceptors (Lipinski definition) is 0. The van der Waals surface area contributed by atoms with Crippen LogP contribution in [-0.4, -0.2) is 0 Å². The molecule has 0 heterocycles. The van der Waals surface area contributed by atoms with E-state index in [2.05, 4.69) is 43.4 Å². The van der Waals surface area contributed by atoms with Gasteiger partial charge >= 0.3 is 0 Å². The topological polar surface area (TPSA) is 0 Å². The van der Waals surface area contributed by atoms with E-state index in [4.69, 9.17) is 0 Å². The third-order valence-corrected chi connectivity index (χ3v) is 1.96. The van der Waals surface area contributed by atoms with Crippen LogP contribution in [0.15, 0.2) is 36.5 Å². The first kappa shape index (κ1) is 9.31. The zero-order valence-electron chi connectivity index (χ0n) is 7.79. The molecule has 0 fully saturated rings. The van der Waals surface area contributed by atoms with Crippen molar-refractivity contribution in [1.29, 1.82) is 0 Å². The van der Waals surface area contributed by atoms with Gasteiger partial charge in [0.05, 0.1) is 0 Å². The van der Waals surface area contributed by atoms with Gasteiger partial charge < -0.3 is 0 Å². The zero-order chi connectivity index (χ0) is 8.65. The molecule has 0 aliphatic heterocycles. The third kappa shape index (κ3) is 3.56. The van der Waals surface area contributed by atoms with E-state index >= 15 is 0 Å². The Hall–Kier alpha value is -0.780. The molecule has 0 N–H and O–H groups in total. The summed E-state index contributed by atoms with van der Waals surface area (Å²) in [4.78, 5) is 0. The molecule has 0 nitrogen and oxygen atoms in total. The fraction of sp³-hybridized carbons (Fsp3) is 0.417. The minimum absolute atomic E-state index is 1.13. The minimum Gasteiger partial charge on any atom is -0.0885 e. The summed E-state index contributed by atoms with van der Waals surface area (Å²) in [6.45, 7) is 2.21. The Labute approximate surface area is 75.7 Å². The van der Waals surface area contributed by atoms with Crippen LogP contribution in [0, 0.1) is 5.92 Å². The van der Waals surface area contributed by atoms with Crippen molar-refractivity contribution in [2.24, 2.45) is 0 Å². The van der Waals surface area contributed by atoms with E-state index in [1.165, 1.54) is 18.8 Å². The molecule has 0 saturated heterocycles. The van der Waals surface area contributed by atoms with Gasteiger partial charge in [0.1, 0.15) is 0 Å². The second kappa shape index (κ2) is 5.82. The molecule has 0 saturated carbocycles. The van der Waals surface area contributed by atoms with Crippen molar-refractivity contribution in [1.82, 2.24) is 0 Å². The average molecular weight is 161 g/mol. The summed E-state index contributed by atoms with van der Waals surface area (Å²) in [6.07, 6.45) is 17.9. The zero-order valence-corrected chi connectivity index (χ0v) is 7.79. The highest BCUT2D eigenvalue weighted by atomic mass is 14.1. The monoisotopic (exact) mass is 161 g/mol. The summed E-state index contributed by atoms with van der Waals surface area (Å²) < 4.78 is 0. The van der Waals surface area contributed by atoms with Crippen molar-refractivity contribution in [3.05, 3.63) is 42.4 Å². The van der Waals surface area contributed by atoms with E-state index in [9.17, 15) is 0 Å². The van der Waals surface area contributed by atoms with E-state index < -0.39 is 0 Å². The highest BCUT2D eigenvalue weighted by Crippen LogP contribution is 2.18. The summed E-state index contributed by atoms with van der Waals surface area (Å²) in [5, 5.41) is 0. The average Bonchev–Trinajstić information content (AvgIpc) is 2.14. The maximum atomic E-state index is 2.28. The Morgan fingerprint density at radius 3 is 2.92 bits per heavy atom. The molecule has 0 aromatic rings. The molecular weight excluding hydrogens is 144 g/mol. The lowest BCUT2D eigenvalue weighted by molar-refractivity contribution is 0.930. The molecule has 1 rings (SSSR count). The fourth-order valence-electron chi connectivity index (χ4n) is 1.23. The van der Waals surface area contributed by atoms with Crippen molar-refractivity contribution < 1.29 is 0 Å². The molecule has 0 amide bonds. The first-order valence-corrected chi connectivity index (χ1v) is 4.76. The number of rotatable bonds is 4. The van der Waals surface area contributed by atoms with Crippen LogP contribution in [0.2, 0.25) is 0 Å². The van der Waals surface area contributed by atoms with Crippen LogP contribution in [0.1, 0.15) is 32.6 Å². The second-order valence-corrected chi connectivity index (χ2v) is 3.11. The van der Waals surface area contributed by atoms with Gasteiger partial charge in [-0.15, -0.1) is 0 Å². The van der Waals surface area contributed by atoms with E-state index in [1.54, 1.807) is 0 Å². The minimum atomic E-state index is 1.13. The van der Waals surface area contributed by atoms with Gasteiger partial charge in [-0.25, -0.2) is 0 Å². The summed E-state index contributed by atoms with van der Waals surface area (Å²) in [5.41, 5.74) is 0. The highest BCUT2D eigenvalue weighted by Gasteiger charge is 2.01. The quantitative estimate of drug-likeness (QED) is 0.550. The van der Waals surface area contributed by atoms with Crippen LogP contribution < -0.4 is 0 Å². The largest absolute Gasteiger partial charge is 0.0885 e. The molecule has 1 aliphatic rings. The van der Waals surface area contributed by atoms with Gasteiger partial charge in [-0.3, -0.25) is 0 Å². The van der Waals surface area contributed by atoms with Gasteiger partial charge in [-0.1, -0.05) is 49.8 Å². The lowest BCUT2D eigenvalue weighted by Gasteiger charge is -2.08. The van der Waals surface area contributed by atoms with Crippen molar-refractivity contribution >= 4 is 0 Å². The maximum absolute atomic E-state index is 2.28. The predicted molar refractivity (Wildman–Crippen MR) is 54.8 cm³/mol.